The van der Waals surface area contributed by atoms with Gasteiger partial charge >= 0.3 is 0 Å². The van der Waals surface area contributed by atoms with E-state index in [0.717, 1.165) is 16.5 Å². The van der Waals surface area contributed by atoms with Crippen molar-refractivity contribution < 1.29 is 18.8 Å². The average Bonchev–Trinajstić information content (AvgIpc) is 3.36. The molecule has 2 aromatic heterocycles. The number of carbonyl (C=O) groups excluding carboxylic acids is 3. The first-order valence-corrected chi connectivity index (χ1v) is 9.66. The van der Waals surface area contributed by atoms with Gasteiger partial charge in [-0.2, -0.15) is 0 Å². The van der Waals surface area contributed by atoms with Gasteiger partial charge in [0.25, 0.3) is 11.8 Å². The number of fused-ring (bicyclic) bond motifs is 1. The number of nitrogens with one attached hydrogen (secondary N) is 2. The third-order valence-corrected chi connectivity index (χ3v) is 4.93. The fourth-order valence-corrected chi connectivity index (χ4v) is 3.49. The van der Waals surface area contributed by atoms with Gasteiger partial charge in [0.2, 0.25) is 11.5 Å². The van der Waals surface area contributed by atoms with Gasteiger partial charge in [0.05, 0.1) is 0 Å². The fraction of sp³-hybridized carbons (Fsp3) is 0.130. The number of aromatic nitrogens is 2. The second-order valence-corrected chi connectivity index (χ2v) is 7.10. The first-order chi connectivity index (χ1) is 14.9. The summed E-state index contributed by atoms with van der Waals surface area (Å²) < 4.78 is 5.58. The third kappa shape index (κ3) is 4.09. The molecule has 0 radical (unpaired) electrons. The number of H-pyrrole nitrogens is 1. The molecule has 4 rings (SSSR count). The number of aryl methyl sites for hydroxylation is 1. The number of ketones is 1. The Morgan fingerprint density at radius 3 is 2.55 bits per heavy atom. The average molecular weight is 416 g/mol. The van der Waals surface area contributed by atoms with Gasteiger partial charge < -0.3 is 20.5 Å². The highest BCUT2D eigenvalue weighted by Crippen LogP contribution is 2.31. The van der Waals surface area contributed by atoms with Crippen LogP contribution >= 0.6 is 0 Å². The van der Waals surface area contributed by atoms with E-state index < -0.39 is 23.6 Å². The Balaban J connectivity index is 1.67. The lowest BCUT2D eigenvalue weighted by Crippen LogP contribution is -2.47. The lowest BCUT2D eigenvalue weighted by atomic mass is 10.0. The number of aromatic amines is 1. The smallest absolute Gasteiger partial charge is 0.290 e. The molecular weight excluding hydrogens is 396 g/mol. The number of oxazole rings is 1. The first-order valence-electron chi connectivity index (χ1n) is 9.66. The van der Waals surface area contributed by atoms with E-state index in [4.69, 9.17) is 10.2 Å². The number of primary amides is 1. The van der Waals surface area contributed by atoms with Crippen molar-refractivity contribution in [1.29, 1.82) is 0 Å². The molecule has 156 valence electrons. The van der Waals surface area contributed by atoms with Crippen LogP contribution in [0.3, 0.4) is 0 Å². The van der Waals surface area contributed by atoms with Gasteiger partial charge in [0.1, 0.15) is 11.7 Å². The van der Waals surface area contributed by atoms with E-state index in [1.165, 1.54) is 0 Å². The highest BCUT2D eigenvalue weighted by Gasteiger charge is 2.29. The maximum Gasteiger partial charge on any atom is 0.290 e. The van der Waals surface area contributed by atoms with Crippen molar-refractivity contribution in [2.45, 2.75) is 19.4 Å². The predicted octanol–water partition coefficient (Wildman–Crippen LogP) is 2.53. The standard InChI is InChI=1S/C23H20N4O4/c1-13-26-19(16-12-25-17-10-6-5-9-15(16)17)21(31-13)23(30)27-18(20(28)22(24)29)11-14-7-3-2-4-8-14/h2-10,12,18,25H,11H2,1H3,(H2,24,29)(H,27,30). The zero-order valence-electron chi connectivity index (χ0n) is 16.7. The van der Waals surface area contributed by atoms with Gasteiger partial charge in [0.15, 0.2) is 5.89 Å². The SMILES string of the molecule is Cc1nc(-c2c[nH]c3ccccc23)c(C(=O)NC(Cc2ccccc2)C(=O)C(N)=O)o1. The summed E-state index contributed by atoms with van der Waals surface area (Å²) >= 11 is 0. The van der Waals surface area contributed by atoms with Crippen LogP contribution in [-0.2, 0) is 16.0 Å². The number of nitrogens with zero attached hydrogens (tertiary/aromatic N) is 1. The van der Waals surface area contributed by atoms with Gasteiger partial charge in [-0.15, -0.1) is 0 Å². The van der Waals surface area contributed by atoms with Crippen LogP contribution in [0.4, 0.5) is 0 Å². The Bertz CT molecular complexity index is 1270. The molecule has 8 heteroatoms. The Labute approximate surface area is 177 Å². The molecule has 0 saturated carbocycles. The summed E-state index contributed by atoms with van der Waals surface area (Å²) in [5.41, 5.74) is 7.89. The largest absolute Gasteiger partial charge is 0.435 e. The summed E-state index contributed by atoms with van der Waals surface area (Å²) in [7, 11) is 0. The molecule has 2 aromatic carbocycles. The zero-order valence-corrected chi connectivity index (χ0v) is 16.7. The summed E-state index contributed by atoms with van der Waals surface area (Å²) in [6.45, 7) is 1.63. The molecule has 2 amide bonds. The maximum atomic E-state index is 13.1. The highest BCUT2D eigenvalue weighted by molar-refractivity contribution is 6.38. The van der Waals surface area contributed by atoms with Crippen LogP contribution in [0, 0.1) is 6.92 Å². The topological polar surface area (TPSA) is 131 Å². The van der Waals surface area contributed by atoms with Gasteiger partial charge in [-0.3, -0.25) is 14.4 Å². The first kappa shape index (κ1) is 20.1. The van der Waals surface area contributed by atoms with Crippen molar-refractivity contribution in [2.75, 3.05) is 0 Å². The molecule has 0 fully saturated rings. The Morgan fingerprint density at radius 2 is 1.81 bits per heavy atom. The lowest BCUT2D eigenvalue weighted by Gasteiger charge is -2.16. The summed E-state index contributed by atoms with van der Waals surface area (Å²) in [6, 6.07) is 15.5. The number of Topliss-reactive ketones (excluding diaryl/α,β-unsaturated/α-hetero) is 1. The van der Waals surface area contributed by atoms with E-state index >= 15 is 0 Å². The van der Waals surface area contributed by atoms with Gasteiger partial charge in [-0.1, -0.05) is 48.5 Å². The van der Waals surface area contributed by atoms with Crippen LogP contribution in [0.15, 0.2) is 65.2 Å². The maximum absolute atomic E-state index is 13.1. The van der Waals surface area contributed by atoms with E-state index in [1.54, 1.807) is 37.4 Å². The minimum atomic E-state index is -1.13. The fourth-order valence-electron chi connectivity index (χ4n) is 3.49. The van der Waals surface area contributed by atoms with Crippen LogP contribution in [0.5, 0.6) is 0 Å². The van der Waals surface area contributed by atoms with Crippen molar-refractivity contribution in [1.82, 2.24) is 15.3 Å². The molecule has 0 aliphatic carbocycles. The summed E-state index contributed by atoms with van der Waals surface area (Å²) in [5, 5.41) is 3.47. The molecule has 1 unspecified atom stereocenters. The van der Waals surface area contributed by atoms with Crippen molar-refractivity contribution in [2.24, 2.45) is 5.73 Å². The minimum absolute atomic E-state index is 0.0439. The Kier molecular flexibility index (Phi) is 5.36. The molecule has 31 heavy (non-hydrogen) atoms. The number of rotatable bonds is 7. The quantitative estimate of drug-likeness (QED) is 0.399. The lowest BCUT2D eigenvalue weighted by molar-refractivity contribution is -0.137. The van der Waals surface area contributed by atoms with Crippen LogP contribution < -0.4 is 11.1 Å². The highest BCUT2D eigenvalue weighted by atomic mass is 16.4. The summed E-state index contributed by atoms with van der Waals surface area (Å²) in [5.74, 6) is -2.41. The number of carbonyl (C=O) groups is 3. The molecular formula is C23H20N4O4. The van der Waals surface area contributed by atoms with E-state index in [-0.39, 0.29) is 12.2 Å². The Hall–Kier alpha value is -4.20. The third-order valence-electron chi connectivity index (χ3n) is 4.93. The molecule has 0 spiro atoms. The molecule has 4 aromatic rings. The van der Waals surface area contributed by atoms with Gasteiger partial charge in [-0.25, -0.2) is 4.98 Å². The second-order valence-electron chi connectivity index (χ2n) is 7.10. The van der Waals surface area contributed by atoms with Crippen LogP contribution in [-0.4, -0.2) is 33.6 Å². The van der Waals surface area contributed by atoms with Crippen LogP contribution in [0.2, 0.25) is 0 Å². The number of para-hydroxylation sites is 1. The number of amides is 2. The molecule has 8 nitrogen and oxygen atoms in total. The number of hydrogen-bond donors (Lipinski definition) is 3. The number of nitrogens with two attached hydrogens (primary N) is 1. The molecule has 0 aliphatic heterocycles. The van der Waals surface area contributed by atoms with Crippen molar-refractivity contribution in [3.63, 3.8) is 0 Å². The predicted molar refractivity (Wildman–Crippen MR) is 114 cm³/mol. The summed E-state index contributed by atoms with van der Waals surface area (Å²) in [4.78, 5) is 44.5. The molecule has 0 bridgehead atoms. The minimum Gasteiger partial charge on any atom is -0.435 e. The van der Waals surface area contributed by atoms with Crippen LogP contribution in [0.1, 0.15) is 22.0 Å². The number of benzene rings is 2. The number of hydrogen-bond acceptors (Lipinski definition) is 5. The molecule has 2 heterocycles. The molecule has 4 N–H and O–H groups in total. The van der Waals surface area contributed by atoms with Gasteiger partial charge in [0, 0.05) is 36.0 Å². The van der Waals surface area contributed by atoms with Crippen molar-refractivity contribution in [3.8, 4) is 11.3 Å². The monoisotopic (exact) mass is 416 g/mol. The van der Waals surface area contributed by atoms with Crippen molar-refractivity contribution >= 4 is 28.5 Å². The van der Waals surface area contributed by atoms with Gasteiger partial charge in [-0.05, 0) is 11.6 Å². The zero-order chi connectivity index (χ0) is 22.0. The molecule has 1 atom stereocenters. The van der Waals surface area contributed by atoms with E-state index in [9.17, 15) is 14.4 Å². The summed E-state index contributed by atoms with van der Waals surface area (Å²) in [6.07, 6.45) is 1.86. The van der Waals surface area contributed by atoms with Crippen molar-refractivity contribution in [3.05, 3.63) is 78.0 Å². The van der Waals surface area contributed by atoms with Crippen LogP contribution in [0.25, 0.3) is 22.2 Å². The Morgan fingerprint density at radius 1 is 1.10 bits per heavy atom. The van der Waals surface area contributed by atoms with E-state index in [2.05, 4.69) is 15.3 Å². The molecule has 0 aliphatic rings. The van der Waals surface area contributed by atoms with E-state index in [0.29, 0.717) is 17.1 Å². The molecule has 0 saturated heterocycles. The normalized spacial score (nSPS) is 11.9. The second kappa shape index (κ2) is 8.27. The van der Waals surface area contributed by atoms with E-state index in [1.807, 2.05) is 30.3 Å².